The number of fused-ring (bicyclic) bond motifs is 1. The van der Waals surface area contributed by atoms with Crippen LogP contribution >= 0.6 is 0 Å². The number of carbonyl (C=O) groups excluding carboxylic acids is 4. The number of nitrogens with zero attached hydrogens (tertiary/aromatic N) is 1. The van der Waals surface area contributed by atoms with E-state index < -0.39 is 53.6 Å². The molecule has 2 aliphatic rings. The van der Waals surface area contributed by atoms with E-state index in [2.05, 4.69) is 16.0 Å². The Kier molecular flexibility index (Phi) is 5.98. The van der Waals surface area contributed by atoms with E-state index in [1.54, 1.807) is 17.6 Å². The molecule has 186 valence electrons. The highest BCUT2D eigenvalue weighted by molar-refractivity contribution is 6.43. The fraction of sp³-hybridized carbons (Fsp3) is 0.417. The van der Waals surface area contributed by atoms with Crippen molar-refractivity contribution in [1.29, 1.82) is 0 Å². The van der Waals surface area contributed by atoms with E-state index in [1.807, 2.05) is 0 Å². The Morgan fingerprint density at radius 1 is 1.09 bits per heavy atom. The van der Waals surface area contributed by atoms with E-state index in [4.69, 9.17) is 0 Å². The summed E-state index contributed by atoms with van der Waals surface area (Å²) in [5.41, 5.74) is -0.252. The average Bonchev–Trinajstić information content (AvgIpc) is 3.33. The first kappa shape index (κ1) is 24.5. The van der Waals surface area contributed by atoms with Crippen molar-refractivity contribution in [3.8, 4) is 0 Å². The summed E-state index contributed by atoms with van der Waals surface area (Å²) in [4.78, 5) is 51.3. The second kappa shape index (κ2) is 8.54. The van der Waals surface area contributed by atoms with Gasteiger partial charge in [-0.3, -0.25) is 19.2 Å². The smallest absolute Gasteiger partial charge is 0.294 e. The molecule has 1 fully saturated rings. The Morgan fingerprint density at radius 3 is 2.37 bits per heavy atom. The first-order chi connectivity index (χ1) is 16.4. The molecular weight excluding hydrogens is 465 g/mol. The maximum Gasteiger partial charge on any atom is 0.294 e. The fourth-order valence-electron chi connectivity index (χ4n) is 4.93. The number of hydrogen-bond donors (Lipinski definition) is 3. The molecule has 1 aliphatic heterocycles. The molecule has 4 rings (SSSR count). The lowest BCUT2D eigenvalue weighted by Crippen LogP contribution is -2.69. The third kappa shape index (κ3) is 4.19. The molecule has 8 nitrogen and oxygen atoms in total. The number of likely N-dealkylation sites (N-methyl/N-ethyl adjacent to an activating group) is 1. The largest absolute Gasteiger partial charge is 0.357 e. The van der Waals surface area contributed by atoms with Crippen LogP contribution in [0.3, 0.4) is 0 Å². The number of hydrogen-bond acceptors (Lipinski definition) is 4. The molecule has 0 radical (unpaired) electrons. The standard InChI is InChI=1S/C24H25F3N4O4/c1-12-6-7-14(9-15(12)25)29-20(33)17-13(2)18(31-8-4-5-16(17)31)19(32)21(34)30-23(22(35)28-3)10-24(26,27)11-23/h6-7,9H,4-5,8,10-11H2,1-3H3,(H,28,35)(H,29,33)(H,30,34). The molecule has 11 heteroatoms. The number of Topliss-reactive ketones (excluding diaryl/α,β-unsaturated/α-hetero) is 1. The van der Waals surface area contributed by atoms with Crippen LogP contribution in [0.1, 0.15) is 56.9 Å². The van der Waals surface area contributed by atoms with Gasteiger partial charge in [0.1, 0.15) is 11.4 Å². The van der Waals surface area contributed by atoms with Crippen LogP contribution < -0.4 is 16.0 Å². The SMILES string of the molecule is CNC(=O)C1(NC(=O)C(=O)c2c(C)c(C(=O)Nc3ccc(C)c(F)c3)c3n2CCC3)CC(F)(F)C1. The van der Waals surface area contributed by atoms with E-state index in [0.29, 0.717) is 30.6 Å². The second-order valence-corrected chi connectivity index (χ2v) is 9.12. The topological polar surface area (TPSA) is 109 Å². The first-order valence-corrected chi connectivity index (χ1v) is 11.2. The van der Waals surface area contributed by atoms with Gasteiger partial charge in [-0.05, 0) is 49.9 Å². The predicted molar refractivity (Wildman–Crippen MR) is 120 cm³/mol. The third-order valence-electron chi connectivity index (χ3n) is 6.62. The Hall–Kier alpha value is -3.63. The Labute approximate surface area is 199 Å². The summed E-state index contributed by atoms with van der Waals surface area (Å²) >= 11 is 0. The van der Waals surface area contributed by atoms with E-state index in [0.717, 1.165) is 0 Å². The number of halogens is 3. The number of anilines is 1. The summed E-state index contributed by atoms with van der Waals surface area (Å²) < 4.78 is 42.6. The zero-order chi connectivity index (χ0) is 25.7. The molecule has 2 heterocycles. The van der Waals surface area contributed by atoms with Crippen LogP contribution in [-0.4, -0.2) is 46.6 Å². The highest BCUT2D eigenvalue weighted by Crippen LogP contribution is 2.45. The first-order valence-electron chi connectivity index (χ1n) is 11.2. The van der Waals surface area contributed by atoms with Gasteiger partial charge in [-0.15, -0.1) is 0 Å². The van der Waals surface area contributed by atoms with Crippen LogP contribution in [-0.2, 0) is 22.6 Å². The van der Waals surface area contributed by atoms with Crippen LogP contribution in [0.5, 0.6) is 0 Å². The predicted octanol–water partition coefficient (Wildman–Crippen LogP) is 2.66. The number of amides is 3. The highest BCUT2D eigenvalue weighted by Gasteiger charge is 2.62. The van der Waals surface area contributed by atoms with Gasteiger partial charge in [0.2, 0.25) is 5.91 Å². The molecule has 0 unspecified atom stereocenters. The summed E-state index contributed by atoms with van der Waals surface area (Å²) in [7, 11) is 1.25. The van der Waals surface area contributed by atoms with Crippen LogP contribution in [0, 0.1) is 19.7 Å². The number of aryl methyl sites for hydroxylation is 1. The van der Waals surface area contributed by atoms with Crippen molar-refractivity contribution in [2.45, 2.75) is 57.5 Å². The molecule has 0 bridgehead atoms. The van der Waals surface area contributed by atoms with Crippen LogP contribution in [0.15, 0.2) is 18.2 Å². The molecular formula is C24H25F3N4O4. The van der Waals surface area contributed by atoms with Crippen molar-refractivity contribution < 1.29 is 32.3 Å². The quantitative estimate of drug-likeness (QED) is 0.427. The number of rotatable bonds is 6. The number of aromatic nitrogens is 1. The maximum absolute atomic E-state index is 13.9. The summed E-state index contributed by atoms with van der Waals surface area (Å²) in [5, 5.41) is 7.08. The van der Waals surface area contributed by atoms with Crippen molar-refractivity contribution in [2.75, 3.05) is 12.4 Å². The lowest BCUT2D eigenvalue weighted by atomic mass is 9.72. The third-order valence-corrected chi connectivity index (χ3v) is 6.62. The molecule has 0 spiro atoms. The maximum atomic E-state index is 13.9. The van der Waals surface area contributed by atoms with E-state index in [-0.39, 0.29) is 22.5 Å². The summed E-state index contributed by atoms with van der Waals surface area (Å²) in [6, 6.07) is 4.26. The van der Waals surface area contributed by atoms with Crippen molar-refractivity contribution >= 4 is 29.2 Å². The van der Waals surface area contributed by atoms with Gasteiger partial charge < -0.3 is 20.5 Å². The molecule has 0 atom stereocenters. The lowest BCUT2D eigenvalue weighted by molar-refractivity contribution is -0.164. The van der Waals surface area contributed by atoms with Gasteiger partial charge >= 0.3 is 0 Å². The minimum absolute atomic E-state index is 0.0339. The Morgan fingerprint density at radius 2 is 1.77 bits per heavy atom. The fourth-order valence-corrected chi connectivity index (χ4v) is 4.93. The van der Waals surface area contributed by atoms with Crippen molar-refractivity contribution in [3.63, 3.8) is 0 Å². The molecule has 2 aromatic rings. The molecule has 1 aliphatic carbocycles. The molecule has 0 saturated heterocycles. The van der Waals surface area contributed by atoms with Crippen molar-refractivity contribution in [3.05, 3.63) is 52.1 Å². The molecule has 1 saturated carbocycles. The summed E-state index contributed by atoms with van der Waals surface area (Å²) in [5.74, 6) is -7.21. The normalized spacial score (nSPS) is 17.2. The number of alkyl halides is 2. The van der Waals surface area contributed by atoms with Crippen LogP contribution in [0.4, 0.5) is 18.9 Å². The Bertz CT molecular complexity index is 1260. The zero-order valence-corrected chi connectivity index (χ0v) is 19.5. The molecule has 3 amide bonds. The van der Waals surface area contributed by atoms with E-state index in [1.165, 1.54) is 26.1 Å². The summed E-state index contributed by atoms with van der Waals surface area (Å²) in [6.45, 7) is 3.49. The van der Waals surface area contributed by atoms with Crippen molar-refractivity contribution in [1.82, 2.24) is 15.2 Å². The number of carbonyl (C=O) groups is 4. The number of nitrogens with one attached hydrogen (secondary N) is 3. The van der Waals surface area contributed by atoms with Crippen LogP contribution in [0.2, 0.25) is 0 Å². The molecule has 3 N–H and O–H groups in total. The van der Waals surface area contributed by atoms with Crippen molar-refractivity contribution in [2.24, 2.45) is 0 Å². The Balaban J connectivity index is 1.62. The average molecular weight is 490 g/mol. The lowest BCUT2D eigenvalue weighted by Gasteiger charge is -2.45. The minimum Gasteiger partial charge on any atom is -0.357 e. The van der Waals surface area contributed by atoms with Gasteiger partial charge in [-0.25, -0.2) is 13.2 Å². The molecule has 1 aromatic carbocycles. The zero-order valence-electron chi connectivity index (χ0n) is 19.5. The van der Waals surface area contributed by atoms with E-state index in [9.17, 15) is 32.3 Å². The number of benzene rings is 1. The van der Waals surface area contributed by atoms with Gasteiger partial charge in [0, 0.05) is 37.8 Å². The summed E-state index contributed by atoms with van der Waals surface area (Å²) in [6.07, 6.45) is -0.712. The van der Waals surface area contributed by atoms with Gasteiger partial charge in [0.05, 0.1) is 11.3 Å². The number of ketones is 1. The van der Waals surface area contributed by atoms with E-state index >= 15 is 0 Å². The van der Waals surface area contributed by atoms with Gasteiger partial charge in [0.25, 0.3) is 23.5 Å². The molecule has 1 aromatic heterocycles. The second-order valence-electron chi connectivity index (χ2n) is 9.12. The van der Waals surface area contributed by atoms with Gasteiger partial charge in [-0.1, -0.05) is 6.07 Å². The minimum atomic E-state index is -3.13. The molecule has 35 heavy (non-hydrogen) atoms. The van der Waals surface area contributed by atoms with Gasteiger partial charge in [0.15, 0.2) is 0 Å². The monoisotopic (exact) mass is 490 g/mol. The van der Waals surface area contributed by atoms with Crippen LogP contribution in [0.25, 0.3) is 0 Å². The highest BCUT2D eigenvalue weighted by atomic mass is 19.3. The van der Waals surface area contributed by atoms with Gasteiger partial charge in [-0.2, -0.15) is 0 Å².